The van der Waals surface area contributed by atoms with Crippen LogP contribution in [0.15, 0.2) is 24.3 Å². The van der Waals surface area contributed by atoms with Gasteiger partial charge in [-0.1, -0.05) is 6.42 Å². The molecule has 162 valence electrons. The van der Waals surface area contributed by atoms with Crippen molar-refractivity contribution >= 4 is 17.7 Å². The first-order chi connectivity index (χ1) is 14.3. The largest absolute Gasteiger partial charge is 0.435 e. The van der Waals surface area contributed by atoms with Gasteiger partial charge in [0.05, 0.1) is 6.54 Å². The smallest absolute Gasteiger partial charge is 0.387 e. The zero-order chi connectivity index (χ0) is 21.4. The normalized spacial score (nSPS) is 24.7. The Balaban J connectivity index is 1.54. The van der Waals surface area contributed by atoms with Crippen LogP contribution in [0.5, 0.6) is 5.75 Å². The second kappa shape index (κ2) is 8.20. The molecule has 1 saturated carbocycles. The molecule has 2 saturated heterocycles. The van der Waals surface area contributed by atoms with Gasteiger partial charge in [0, 0.05) is 25.1 Å². The van der Waals surface area contributed by atoms with Crippen molar-refractivity contribution in [2.45, 2.75) is 51.4 Å². The van der Waals surface area contributed by atoms with Crippen LogP contribution in [0, 0.1) is 5.92 Å². The Morgan fingerprint density at radius 2 is 1.90 bits per heavy atom. The topological polar surface area (TPSA) is 70.2 Å². The van der Waals surface area contributed by atoms with Gasteiger partial charge in [-0.05, 0) is 49.9 Å². The Morgan fingerprint density at radius 1 is 1.20 bits per heavy atom. The van der Waals surface area contributed by atoms with Crippen LogP contribution >= 0.6 is 0 Å². The maximum Gasteiger partial charge on any atom is 0.387 e. The van der Waals surface area contributed by atoms with Crippen molar-refractivity contribution in [2.75, 3.05) is 19.6 Å². The van der Waals surface area contributed by atoms with Gasteiger partial charge >= 0.3 is 6.61 Å². The lowest BCUT2D eigenvalue weighted by molar-refractivity contribution is -0.166. The molecule has 3 amide bonds. The lowest BCUT2D eigenvalue weighted by Crippen LogP contribution is -2.71. The average molecular weight is 421 g/mol. The molecule has 2 unspecified atom stereocenters. The van der Waals surface area contributed by atoms with Crippen molar-refractivity contribution in [2.24, 2.45) is 5.92 Å². The second-order valence-electron chi connectivity index (χ2n) is 8.15. The summed E-state index contributed by atoms with van der Waals surface area (Å²) in [7, 11) is 0. The maximum atomic E-state index is 13.2. The number of carbonyl (C=O) groups excluding carboxylic acids is 3. The zero-order valence-electron chi connectivity index (χ0n) is 16.8. The van der Waals surface area contributed by atoms with E-state index in [0.717, 1.165) is 12.8 Å². The van der Waals surface area contributed by atoms with Gasteiger partial charge < -0.3 is 19.4 Å². The van der Waals surface area contributed by atoms with E-state index in [2.05, 4.69) is 4.74 Å². The fraction of sp³-hybridized carbons (Fsp3) is 0.571. The number of amides is 3. The minimum Gasteiger partial charge on any atom is -0.435 e. The van der Waals surface area contributed by atoms with Gasteiger partial charge in [0.25, 0.3) is 5.91 Å². The molecule has 2 heterocycles. The quantitative estimate of drug-likeness (QED) is 0.732. The molecule has 0 bridgehead atoms. The summed E-state index contributed by atoms with van der Waals surface area (Å²) < 4.78 is 29.0. The Morgan fingerprint density at radius 3 is 2.50 bits per heavy atom. The predicted molar refractivity (Wildman–Crippen MR) is 103 cm³/mol. The highest BCUT2D eigenvalue weighted by Gasteiger charge is 2.47. The highest BCUT2D eigenvalue weighted by atomic mass is 19.3. The van der Waals surface area contributed by atoms with Gasteiger partial charge in [0.1, 0.15) is 18.0 Å². The molecule has 1 aromatic carbocycles. The highest BCUT2D eigenvalue weighted by Crippen LogP contribution is 2.31. The van der Waals surface area contributed by atoms with Gasteiger partial charge in [-0.2, -0.15) is 8.78 Å². The van der Waals surface area contributed by atoms with E-state index in [1.807, 2.05) is 0 Å². The van der Waals surface area contributed by atoms with Crippen LogP contribution in [0.1, 0.15) is 43.0 Å². The molecule has 3 aliphatic rings. The lowest BCUT2D eigenvalue weighted by atomic mass is 9.84. The molecule has 0 N–H and O–H groups in total. The first-order valence-electron chi connectivity index (χ1n) is 10.3. The summed E-state index contributed by atoms with van der Waals surface area (Å²) in [5, 5.41) is 0. The number of ether oxygens (including phenoxy) is 1. The average Bonchev–Trinajstić information content (AvgIpc) is 2.68. The Kier molecular flexibility index (Phi) is 5.62. The van der Waals surface area contributed by atoms with Crippen LogP contribution in [-0.2, 0) is 9.59 Å². The fourth-order valence-corrected chi connectivity index (χ4v) is 4.47. The van der Waals surface area contributed by atoms with Crippen LogP contribution in [0.3, 0.4) is 0 Å². The van der Waals surface area contributed by atoms with E-state index in [4.69, 9.17) is 0 Å². The first-order valence-corrected chi connectivity index (χ1v) is 10.3. The number of piperazine rings is 1. The Hall–Kier alpha value is -2.71. The summed E-state index contributed by atoms with van der Waals surface area (Å²) in [6.45, 7) is -0.0135. The monoisotopic (exact) mass is 421 g/mol. The van der Waals surface area contributed by atoms with Crippen LogP contribution in [-0.4, -0.2) is 70.9 Å². The number of benzene rings is 1. The van der Waals surface area contributed by atoms with Crippen molar-refractivity contribution in [1.29, 1.82) is 0 Å². The van der Waals surface area contributed by atoms with E-state index in [0.29, 0.717) is 24.6 Å². The number of rotatable bonds is 5. The van der Waals surface area contributed by atoms with Crippen molar-refractivity contribution in [1.82, 2.24) is 14.7 Å². The Labute approximate surface area is 173 Å². The third-order valence-corrected chi connectivity index (χ3v) is 6.30. The fourth-order valence-electron chi connectivity index (χ4n) is 4.47. The molecule has 0 spiro atoms. The second-order valence-corrected chi connectivity index (χ2v) is 8.15. The molecular weight excluding hydrogens is 396 g/mol. The van der Waals surface area contributed by atoms with E-state index in [9.17, 15) is 23.2 Å². The Bertz CT molecular complexity index is 828. The van der Waals surface area contributed by atoms with Crippen LogP contribution < -0.4 is 4.74 Å². The van der Waals surface area contributed by atoms with Crippen molar-refractivity contribution in [3.05, 3.63) is 29.8 Å². The minimum absolute atomic E-state index is 0.0273. The summed E-state index contributed by atoms with van der Waals surface area (Å²) in [5.74, 6) is -0.0477. The van der Waals surface area contributed by atoms with E-state index in [-0.39, 0.29) is 36.4 Å². The molecule has 0 aromatic heterocycles. The molecule has 3 fully saturated rings. The zero-order valence-corrected chi connectivity index (χ0v) is 16.8. The van der Waals surface area contributed by atoms with Crippen LogP contribution in [0.2, 0.25) is 0 Å². The van der Waals surface area contributed by atoms with Crippen molar-refractivity contribution < 1.29 is 27.9 Å². The van der Waals surface area contributed by atoms with Crippen LogP contribution in [0.4, 0.5) is 8.78 Å². The SMILES string of the molecule is CC1C(=O)N(CC2CCC2)CC2N(C(=O)c3ccc(OC(F)F)cc3)CCC(=O)N12. The summed E-state index contributed by atoms with van der Waals surface area (Å²) in [6, 6.07) is 4.90. The van der Waals surface area contributed by atoms with Crippen molar-refractivity contribution in [3.8, 4) is 5.75 Å². The summed E-state index contributed by atoms with van der Waals surface area (Å²) in [6.07, 6.45) is 2.99. The number of hydrogen-bond donors (Lipinski definition) is 0. The molecular formula is C21H25F2N3O4. The summed E-state index contributed by atoms with van der Waals surface area (Å²) in [5.41, 5.74) is 0.320. The number of halogens is 2. The number of hydrogen-bond acceptors (Lipinski definition) is 4. The standard InChI is InChI=1S/C21H25F2N3O4/c1-13-19(28)24(11-14-3-2-4-14)12-17-25(10-9-18(27)26(13)17)20(29)15-5-7-16(8-6-15)30-21(22)23/h5-8,13-14,17,21H,2-4,9-12H2,1H3. The van der Waals surface area contributed by atoms with Gasteiger partial charge in [0.2, 0.25) is 11.8 Å². The van der Waals surface area contributed by atoms with Gasteiger partial charge in [-0.3, -0.25) is 14.4 Å². The van der Waals surface area contributed by atoms with Gasteiger partial charge in [-0.25, -0.2) is 0 Å². The number of nitrogens with zero attached hydrogens (tertiary/aromatic N) is 3. The minimum atomic E-state index is -2.93. The molecule has 0 radical (unpaired) electrons. The van der Waals surface area contributed by atoms with E-state index in [1.165, 1.54) is 35.6 Å². The molecule has 2 aliphatic heterocycles. The molecule has 7 nitrogen and oxygen atoms in total. The summed E-state index contributed by atoms with van der Waals surface area (Å²) in [4.78, 5) is 43.5. The lowest BCUT2D eigenvalue weighted by Gasteiger charge is -2.52. The third-order valence-electron chi connectivity index (χ3n) is 6.30. The van der Waals surface area contributed by atoms with Crippen molar-refractivity contribution in [3.63, 3.8) is 0 Å². The predicted octanol–water partition coefficient (Wildman–Crippen LogP) is 2.32. The molecule has 4 rings (SSSR count). The molecule has 2 atom stereocenters. The van der Waals surface area contributed by atoms with E-state index >= 15 is 0 Å². The summed E-state index contributed by atoms with van der Waals surface area (Å²) >= 11 is 0. The molecule has 9 heteroatoms. The van der Waals surface area contributed by atoms with Gasteiger partial charge in [-0.15, -0.1) is 0 Å². The molecule has 1 aromatic rings. The van der Waals surface area contributed by atoms with Crippen LogP contribution in [0.25, 0.3) is 0 Å². The first kappa shape index (κ1) is 20.6. The van der Waals surface area contributed by atoms with E-state index in [1.54, 1.807) is 16.7 Å². The molecule has 1 aliphatic carbocycles. The third kappa shape index (κ3) is 3.85. The van der Waals surface area contributed by atoms with E-state index < -0.39 is 18.8 Å². The molecule has 30 heavy (non-hydrogen) atoms. The van der Waals surface area contributed by atoms with Gasteiger partial charge in [0.15, 0.2) is 0 Å². The highest BCUT2D eigenvalue weighted by molar-refractivity contribution is 5.97. The number of fused-ring (bicyclic) bond motifs is 1. The number of alkyl halides is 2. The maximum absolute atomic E-state index is 13.2. The number of carbonyl (C=O) groups is 3.